The van der Waals surface area contributed by atoms with Crippen LogP contribution in [0.4, 0.5) is 11.4 Å². The number of nitriles is 1. The number of piperidine rings is 1. The molecule has 0 spiro atoms. The number of anilines is 2. The molecule has 4 heterocycles. The lowest BCUT2D eigenvalue weighted by molar-refractivity contribution is 0.00844. The number of hydrogen-bond donors (Lipinski definition) is 1. The van der Waals surface area contributed by atoms with Crippen LogP contribution in [0.25, 0.3) is 10.9 Å². The van der Waals surface area contributed by atoms with E-state index in [1.807, 2.05) is 24.3 Å². The van der Waals surface area contributed by atoms with Crippen molar-refractivity contribution in [3.63, 3.8) is 0 Å². The molecular formula is C26H26N4O3. The van der Waals surface area contributed by atoms with E-state index in [-0.39, 0.29) is 17.4 Å². The molecule has 168 valence electrons. The Morgan fingerprint density at radius 3 is 2.64 bits per heavy atom. The fourth-order valence-electron chi connectivity index (χ4n) is 5.31. The number of nitrogens with zero attached hydrogens (tertiary/aromatic N) is 3. The van der Waals surface area contributed by atoms with Crippen molar-refractivity contribution in [1.29, 1.82) is 5.26 Å². The summed E-state index contributed by atoms with van der Waals surface area (Å²) >= 11 is 0. The summed E-state index contributed by atoms with van der Waals surface area (Å²) in [6.07, 6.45) is 1.79. The normalized spacial score (nSPS) is 20.6. The first-order valence-corrected chi connectivity index (χ1v) is 11.6. The Bertz CT molecular complexity index is 1330. The molecule has 1 N–H and O–H groups in total. The molecule has 0 aliphatic carbocycles. The van der Waals surface area contributed by atoms with Gasteiger partial charge in [0.1, 0.15) is 17.4 Å². The van der Waals surface area contributed by atoms with E-state index in [1.165, 1.54) is 5.56 Å². The van der Waals surface area contributed by atoms with Crippen molar-refractivity contribution >= 4 is 22.3 Å². The van der Waals surface area contributed by atoms with Crippen LogP contribution in [0, 0.1) is 17.2 Å². The predicted molar refractivity (Wildman–Crippen MR) is 127 cm³/mol. The summed E-state index contributed by atoms with van der Waals surface area (Å²) in [4.78, 5) is 15.1. The summed E-state index contributed by atoms with van der Waals surface area (Å²) in [5, 5.41) is 14.3. The number of benzene rings is 2. The number of rotatable bonds is 3. The molecule has 0 saturated carbocycles. The number of ether oxygens (including phenoxy) is 2. The highest BCUT2D eigenvalue weighted by Gasteiger charge is 2.34. The molecule has 3 aliphatic rings. The SMILES string of the molecule is Cn1c(=O)c(C#N)c(N2CCC(C3Nc4cc(C5COC5)ccc4O3)CC2)c2ccccc21. The highest BCUT2D eigenvalue weighted by Crippen LogP contribution is 2.40. The van der Waals surface area contributed by atoms with E-state index in [2.05, 4.69) is 34.5 Å². The number of aryl methyl sites for hydroxylation is 1. The van der Waals surface area contributed by atoms with Crippen molar-refractivity contribution < 1.29 is 9.47 Å². The number of para-hydroxylation sites is 1. The average molecular weight is 443 g/mol. The Morgan fingerprint density at radius 2 is 1.91 bits per heavy atom. The summed E-state index contributed by atoms with van der Waals surface area (Å²) in [6, 6.07) is 16.4. The average Bonchev–Trinajstić information content (AvgIpc) is 3.24. The van der Waals surface area contributed by atoms with Crippen LogP contribution >= 0.6 is 0 Å². The van der Waals surface area contributed by atoms with E-state index < -0.39 is 0 Å². The van der Waals surface area contributed by atoms with E-state index in [1.54, 1.807) is 11.6 Å². The lowest BCUT2D eigenvalue weighted by atomic mass is 9.93. The van der Waals surface area contributed by atoms with Crippen molar-refractivity contribution in [2.45, 2.75) is 25.0 Å². The second-order valence-electron chi connectivity index (χ2n) is 9.21. The molecule has 0 bridgehead atoms. The molecule has 0 amide bonds. The number of pyridine rings is 1. The first-order chi connectivity index (χ1) is 16.1. The third-order valence-corrected chi connectivity index (χ3v) is 7.34. The topological polar surface area (TPSA) is 79.5 Å². The van der Waals surface area contributed by atoms with Gasteiger partial charge in [0.05, 0.1) is 30.1 Å². The molecule has 2 fully saturated rings. The third-order valence-electron chi connectivity index (χ3n) is 7.34. The Kier molecular flexibility index (Phi) is 4.77. The maximum atomic E-state index is 12.9. The van der Waals surface area contributed by atoms with Gasteiger partial charge in [0.25, 0.3) is 5.56 Å². The van der Waals surface area contributed by atoms with Crippen LogP contribution in [0.5, 0.6) is 5.75 Å². The van der Waals surface area contributed by atoms with E-state index >= 15 is 0 Å². The molecule has 33 heavy (non-hydrogen) atoms. The van der Waals surface area contributed by atoms with E-state index in [0.717, 1.165) is 67.2 Å². The van der Waals surface area contributed by atoms with Crippen LogP contribution in [-0.2, 0) is 11.8 Å². The van der Waals surface area contributed by atoms with Crippen LogP contribution in [0.3, 0.4) is 0 Å². The monoisotopic (exact) mass is 442 g/mol. The Labute approximate surface area is 192 Å². The summed E-state index contributed by atoms with van der Waals surface area (Å²) in [5.41, 5.74) is 3.97. The molecule has 3 aromatic rings. The van der Waals surface area contributed by atoms with Gasteiger partial charge in [0, 0.05) is 37.4 Å². The summed E-state index contributed by atoms with van der Waals surface area (Å²) in [5.74, 6) is 1.75. The molecule has 7 nitrogen and oxygen atoms in total. The van der Waals surface area contributed by atoms with E-state index in [4.69, 9.17) is 9.47 Å². The Balaban J connectivity index is 1.21. The first kappa shape index (κ1) is 20.1. The van der Waals surface area contributed by atoms with Crippen molar-refractivity contribution in [2.75, 3.05) is 36.5 Å². The molecule has 2 aromatic carbocycles. The van der Waals surface area contributed by atoms with Crippen LogP contribution in [0.2, 0.25) is 0 Å². The molecule has 3 aliphatic heterocycles. The number of fused-ring (bicyclic) bond motifs is 2. The molecule has 2 saturated heterocycles. The van der Waals surface area contributed by atoms with Crippen LogP contribution in [-0.4, -0.2) is 37.1 Å². The molecule has 1 aromatic heterocycles. The maximum absolute atomic E-state index is 12.9. The van der Waals surface area contributed by atoms with Crippen LogP contribution in [0.1, 0.15) is 29.9 Å². The molecule has 6 rings (SSSR count). The number of hydrogen-bond acceptors (Lipinski definition) is 6. The van der Waals surface area contributed by atoms with Gasteiger partial charge in [-0.25, -0.2) is 0 Å². The molecular weight excluding hydrogens is 416 g/mol. The van der Waals surface area contributed by atoms with Crippen molar-refractivity contribution in [2.24, 2.45) is 13.0 Å². The minimum Gasteiger partial charge on any atom is -0.468 e. The summed E-state index contributed by atoms with van der Waals surface area (Å²) in [6.45, 7) is 3.14. The lowest BCUT2D eigenvalue weighted by Gasteiger charge is -2.36. The van der Waals surface area contributed by atoms with Gasteiger partial charge in [0.2, 0.25) is 0 Å². The van der Waals surface area contributed by atoms with Gasteiger partial charge in [-0.05, 0) is 36.6 Å². The molecule has 1 unspecified atom stereocenters. The van der Waals surface area contributed by atoms with Crippen molar-refractivity contribution in [3.8, 4) is 11.8 Å². The maximum Gasteiger partial charge on any atom is 0.270 e. The second kappa shape index (κ2) is 7.82. The van der Waals surface area contributed by atoms with Gasteiger partial charge in [-0.1, -0.05) is 24.3 Å². The van der Waals surface area contributed by atoms with Crippen LogP contribution in [0.15, 0.2) is 47.3 Å². The highest BCUT2D eigenvalue weighted by molar-refractivity contribution is 5.94. The Morgan fingerprint density at radius 1 is 1.12 bits per heavy atom. The molecule has 1 atom stereocenters. The fourth-order valence-corrected chi connectivity index (χ4v) is 5.31. The minimum atomic E-state index is -0.239. The van der Waals surface area contributed by atoms with E-state index in [9.17, 15) is 10.1 Å². The van der Waals surface area contributed by atoms with Gasteiger partial charge in [-0.15, -0.1) is 0 Å². The van der Waals surface area contributed by atoms with E-state index in [0.29, 0.717) is 11.8 Å². The lowest BCUT2D eigenvalue weighted by Crippen LogP contribution is -2.42. The number of nitrogens with one attached hydrogen (secondary N) is 1. The second-order valence-corrected chi connectivity index (χ2v) is 9.21. The zero-order valence-corrected chi connectivity index (χ0v) is 18.6. The highest BCUT2D eigenvalue weighted by atomic mass is 16.5. The van der Waals surface area contributed by atoms with Gasteiger partial charge >= 0.3 is 0 Å². The van der Waals surface area contributed by atoms with Gasteiger partial charge in [-0.3, -0.25) is 4.79 Å². The smallest absolute Gasteiger partial charge is 0.270 e. The predicted octanol–water partition coefficient (Wildman–Crippen LogP) is 3.57. The quantitative estimate of drug-likeness (QED) is 0.668. The standard InChI is InChI=1S/C26H26N4O3/c1-29-22-5-3-2-4-19(22)24(20(13-27)26(29)31)30-10-8-16(9-11-30)25-28-21-12-17(18-14-32-15-18)6-7-23(21)33-25/h2-7,12,16,18,25,28H,8-11,14-15H2,1H3. The van der Waals surface area contributed by atoms with Gasteiger partial charge in [0.15, 0.2) is 6.23 Å². The first-order valence-electron chi connectivity index (χ1n) is 11.6. The zero-order valence-electron chi connectivity index (χ0n) is 18.6. The van der Waals surface area contributed by atoms with Crippen molar-refractivity contribution in [3.05, 3.63) is 63.9 Å². The Hall–Kier alpha value is -3.50. The third kappa shape index (κ3) is 3.25. The number of aromatic nitrogens is 1. The zero-order chi connectivity index (χ0) is 22.5. The van der Waals surface area contributed by atoms with Crippen LogP contribution < -0.4 is 20.5 Å². The van der Waals surface area contributed by atoms with Gasteiger partial charge < -0.3 is 24.3 Å². The summed E-state index contributed by atoms with van der Waals surface area (Å²) in [7, 11) is 1.73. The largest absolute Gasteiger partial charge is 0.468 e. The fraction of sp³-hybridized carbons (Fsp3) is 0.385. The van der Waals surface area contributed by atoms with Gasteiger partial charge in [-0.2, -0.15) is 5.26 Å². The molecule has 7 heteroatoms. The molecule has 0 radical (unpaired) electrons. The minimum absolute atomic E-state index is 0.0501. The summed E-state index contributed by atoms with van der Waals surface area (Å²) < 4.78 is 13.2. The van der Waals surface area contributed by atoms with Crippen molar-refractivity contribution in [1.82, 2.24) is 4.57 Å².